The molecule has 146 valence electrons. The first-order chi connectivity index (χ1) is 12.4. The number of carboxylic acid groups (broad SMARTS) is 1. The van der Waals surface area contributed by atoms with Crippen LogP contribution >= 0.6 is 0 Å². The number of aliphatic carboxylic acids is 1. The molecule has 0 heterocycles. The van der Waals surface area contributed by atoms with Crippen LogP contribution in [0.5, 0.6) is 0 Å². The van der Waals surface area contributed by atoms with Gasteiger partial charge in [0.25, 0.3) is 0 Å². The van der Waals surface area contributed by atoms with Crippen molar-refractivity contribution in [1.29, 1.82) is 0 Å². The Balaban J connectivity index is 2.48. The smallest absolute Gasteiger partial charge is 0.416 e. The number of halogens is 4. The van der Waals surface area contributed by atoms with Crippen molar-refractivity contribution in [3.63, 3.8) is 0 Å². The number of sulfonamides is 1. The number of carbonyl (C=O) groups is 1. The fraction of sp³-hybridized carbons (Fsp3) is 0.235. The van der Waals surface area contributed by atoms with E-state index in [4.69, 9.17) is 0 Å². The van der Waals surface area contributed by atoms with Gasteiger partial charge in [-0.1, -0.05) is 18.2 Å². The van der Waals surface area contributed by atoms with Gasteiger partial charge in [0.2, 0.25) is 10.0 Å². The van der Waals surface area contributed by atoms with E-state index in [0.29, 0.717) is 4.31 Å². The van der Waals surface area contributed by atoms with Crippen LogP contribution in [0.2, 0.25) is 0 Å². The molecule has 27 heavy (non-hydrogen) atoms. The van der Waals surface area contributed by atoms with Gasteiger partial charge in [-0.15, -0.1) is 0 Å². The number of hydrogen-bond acceptors (Lipinski definition) is 3. The second-order valence-electron chi connectivity index (χ2n) is 5.79. The Hall–Kier alpha value is -2.62. The summed E-state index contributed by atoms with van der Waals surface area (Å²) in [5.41, 5.74) is -1.09. The number of hydrogen-bond donors (Lipinski definition) is 1. The fourth-order valence-corrected chi connectivity index (χ4v) is 3.69. The summed E-state index contributed by atoms with van der Waals surface area (Å²) in [4.78, 5) is 11.7. The van der Waals surface area contributed by atoms with Crippen LogP contribution in [0.1, 0.15) is 11.1 Å². The van der Waals surface area contributed by atoms with Crippen LogP contribution in [0.15, 0.2) is 48.5 Å². The van der Waals surface area contributed by atoms with Gasteiger partial charge in [0.05, 0.1) is 17.5 Å². The average molecular weight is 405 g/mol. The first-order valence-electron chi connectivity index (χ1n) is 7.53. The molecule has 0 aliphatic rings. The summed E-state index contributed by atoms with van der Waals surface area (Å²) in [5, 5.41) is 9.51. The number of rotatable bonds is 6. The zero-order chi connectivity index (χ0) is 20.4. The van der Waals surface area contributed by atoms with E-state index in [0.717, 1.165) is 48.7 Å². The lowest BCUT2D eigenvalue weighted by Gasteiger charge is -2.29. The van der Waals surface area contributed by atoms with Crippen LogP contribution in [-0.4, -0.2) is 31.8 Å². The zero-order valence-electron chi connectivity index (χ0n) is 13.9. The monoisotopic (exact) mass is 405 g/mol. The largest absolute Gasteiger partial charge is 0.480 e. The van der Waals surface area contributed by atoms with E-state index >= 15 is 0 Å². The summed E-state index contributed by atoms with van der Waals surface area (Å²) in [6.45, 7) is 0. The predicted molar refractivity (Wildman–Crippen MR) is 90.3 cm³/mol. The maximum Gasteiger partial charge on any atom is 0.416 e. The third-order valence-corrected chi connectivity index (χ3v) is 4.87. The SMILES string of the molecule is CS(=O)(=O)N(c1ccc(F)cc1)C(Cc1cccc(C(F)(F)F)c1)C(=O)O. The van der Waals surface area contributed by atoms with Crippen molar-refractivity contribution in [1.82, 2.24) is 0 Å². The van der Waals surface area contributed by atoms with Crippen molar-refractivity contribution in [2.75, 3.05) is 10.6 Å². The standard InChI is InChI=1S/C17H15F4NO4S/c1-27(25,26)22(14-7-5-13(18)6-8-14)15(16(23)24)10-11-3-2-4-12(9-11)17(19,20)21/h2-9,15H,10H2,1H3,(H,23,24). The molecular weight excluding hydrogens is 390 g/mol. The minimum absolute atomic E-state index is 0.00649. The van der Waals surface area contributed by atoms with Gasteiger partial charge in [-0.05, 0) is 35.9 Å². The molecule has 0 radical (unpaired) electrons. The van der Waals surface area contributed by atoms with Crippen molar-refractivity contribution in [3.8, 4) is 0 Å². The van der Waals surface area contributed by atoms with Crippen LogP contribution in [0.4, 0.5) is 23.2 Å². The molecule has 1 unspecified atom stereocenters. The first kappa shape index (κ1) is 20.7. The zero-order valence-corrected chi connectivity index (χ0v) is 14.8. The first-order valence-corrected chi connectivity index (χ1v) is 9.38. The van der Waals surface area contributed by atoms with E-state index in [9.17, 15) is 35.9 Å². The highest BCUT2D eigenvalue weighted by atomic mass is 32.2. The Kier molecular flexibility index (Phi) is 5.79. The van der Waals surface area contributed by atoms with E-state index in [1.807, 2.05) is 0 Å². The predicted octanol–water partition coefficient (Wildman–Crippen LogP) is 3.31. The molecule has 0 aliphatic heterocycles. The van der Waals surface area contributed by atoms with Gasteiger partial charge in [-0.2, -0.15) is 13.2 Å². The van der Waals surface area contributed by atoms with Crippen LogP contribution in [0.25, 0.3) is 0 Å². The minimum atomic E-state index is -4.62. The highest BCUT2D eigenvalue weighted by Crippen LogP contribution is 2.30. The van der Waals surface area contributed by atoms with Gasteiger partial charge in [0.1, 0.15) is 11.9 Å². The molecule has 1 N–H and O–H groups in total. The van der Waals surface area contributed by atoms with Gasteiger partial charge in [-0.3, -0.25) is 4.31 Å². The van der Waals surface area contributed by atoms with Gasteiger partial charge < -0.3 is 5.11 Å². The Morgan fingerprint density at radius 2 is 1.74 bits per heavy atom. The van der Waals surface area contributed by atoms with E-state index in [1.54, 1.807) is 0 Å². The van der Waals surface area contributed by atoms with Crippen LogP contribution in [0.3, 0.4) is 0 Å². The van der Waals surface area contributed by atoms with Gasteiger partial charge in [0.15, 0.2) is 0 Å². The van der Waals surface area contributed by atoms with E-state index in [-0.39, 0.29) is 11.3 Å². The Bertz CT molecular complexity index is 927. The molecule has 10 heteroatoms. The Labute approximate surface area is 152 Å². The summed E-state index contributed by atoms with van der Waals surface area (Å²) >= 11 is 0. The highest BCUT2D eigenvalue weighted by molar-refractivity contribution is 7.92. The molecule has 0 spiro atoms. The number of alkyl halides is 3. The molecule has 0 aliphatic carbocycles. The Morgan fingerprint density at radius 3 is 2.22 bits per heavy atom. The third-order valence-electron chi connectivity index (χ3n) is 3.69. The molecule has 0 fully saturated rings. The molecule has 0 saturated carbocycles. The van der Waals surface area contributed by atoms with Crippen molar-refractivity contribution < 1.29 is 35.9 Å². The molecular formula is C17H15F4NO4S. The lowest BCUT2D eigenvalue weighted by Crippen LogP contribution is -2.46. The van der Waals surface area contributed by atoms with Crippen molar-refractivity contribution in [2.24, 2.45) is 0 Å². The maximum atomic E-state index is 13.1. The molecule has 1 atom stereocenters. The van der Waals surface area contributed by atoms with Crippen LogP contribution in [0, 0.1) is 5.82 Å². The van der Waals surface area contributed by atoms with Gasteiger partial charge in [-0.25, -0.2) is 17.6 Å². The molecule has 2 aromatic carbocycles. The minimum Gasteiger partial charge on any atom is -0.480 e. The van der Waals surface area contributed by atoms with Crippen LogP contribution in [-0.2, 0) is 27.4 Å². The molecule has 0 bridgehead atoms. The Morgan fingerprint density at radius 1 is 1.15 bits per heavy atom. The summed E-state index contributed by atoms with van der Waals surface area (Å²) in [5.74, 6) is -2.21. The van der Waals surface area contributed by atoms with Crippen molar-refractivity contribution in [3.05, 3.63) is 65.5 Å². The number of benzene rings is 2. The maximum absolute atomic E-state index is 13.1. The number of anilines is 1. The second kappa shape index (κ2) is 7.55. The molecule has 2 rings (SSSR count). The lowest BCUT2D eigenvalue weighted by atomic mass is 10.0. The summed E-state index contributed by atoms with van der Waals surface area (Å²) in [6, 6.07) is 6.34. The fourth-order valence-electron chi connectivity index (χ4n) is 2.56. The number of carboxylic acids is 1. The van der Waals surface area contributed by atoms with Crippen molar-refractivity contribution in [2.45, 2.75) is 18.6 Å². The van der Waals surface area contributed by atoms with Crippen LogP contribution < -0.4 is 4.31 Å². The quantitative estimate of drug-likeness (QED) is 0.749. The lowest BCUT2D eigenvalue weighted by molar-refractivity contribution is -0.138. The highest BCUT2D eigenvalue weighted by Gasteiger charge is 2.34. The molecule has 0 aromatic heterocycles. The normalized spacial score (nSPS) is 13.2. The van der Waals surface area contributed by atoms with E-state index in [1.165, 1.54) is 6.07 Å². The third kappa shape index (κ3) is 5.19. The van der Waals surface area contributed by atoms with E-state index in [2.05, 4.69) is 0 Å². The summed E-state index contributed by atoms with van der Waals surface area (Å²) in [7, 11) is -4.13. The van der Waals surface area contributed by atoms with E-state index < -0.39 is 46.0 Å². The second-order valence-corrected chi connectivity index (χ2v) is 7.65. The summed E-state index contributed by atoms with van der Waals surface area (Å²) in [6.07, 6.45) is -4.37. The van der Waals surface area contributed by atoms with Gasteiger partial charge in [0, 0.05) is 6.42 Å². The molecule has 5 nitrogen and oxygen atoms in total. The molecule has 2 aromatic rings. The number of nitrogens with zero attached hydrogens (tertiary/aromatic N) is 1. The topological polar surface area (TPSA) is 74.7 Å². The van der Waals surface area contributed by atoms with Crippen molar-refractivity contribution >= 4 is 21.7 Å². The summed E-state index contributed by atoms with van der Waals surface area (Å²) < 4.78 is 76.6. The van der Waals surface area contributed by atoms with Gasteiger partial charge >= 0.3 is 12.1 Å². The molecule has 0 amide bonds. The average Bonchev–Trinajstić information content (AvgIpc) is 2.54. The molecule has 0 saturated heterocycles.